The standard InChI is InChI=1S/C16H22FN5O.HI/c1-16(2,3)14-21-13(22-23-14)10-20-15(18-4)19-9-11-7-5-6-8-12(11)17;/h5-8H,9-10H2,1-4H3,(H2,18,19,20);1H. The van der Waals surface area contributed by atoms with Gasteiger partial charge in [0.05, 0.1) is 6.54 Å². The lowest BCUT2D eigenvalue weighted by atomic mass is 9.97. The first kappa shape index (κ1) is 20.3. The molecule has 6 nitrogen and oxygen atoms in total. The van der Waals surface area contributed by atoms with Gasteiger partial charge in [0.2, 0.25) is 5.89 Å². The highest BCUT2D eigenvalue weighted by Gasteiger charge is 2.21. The summed E-state index contributed by atoms with van der Waals surface area (Å²) < 4.78 is 18.8. The third-order valence-electron chi connectivity index (χ3n) is 3.15. The van der Waals surface area contributed by atoms with Crippen molar-refractivity contribution < 1.29 is 8.91 Å². The number of hydrogen-bond donors (Lipinski definition) is 2. The summed E-state index contributed by atoms with van der Waals surface area (Å²) in [5.41, 5.74) is 0.390. The minimum absolute atomic E-state index is 0. The Morgan fingerprint density at radius 3 is 2.46 bits per heavy atom. The van der Waals surface area contributed by atoms with Gasteiger partial charge in [-0.05, 0) is 6.07 Å². The lowest BCUT2D eigenvalue weighted by Crippen LogP contribution is -2.36. The number of nitrogens with zero attached hydrogens (tertiary/aromatic N) is 3. The van der Waals surface area contributed by atoms with Crippen LogP contribution in [-0.4, -0.2) is 23.1 Å². The fourth-order valence-electron chi connectivity index (χ4n) is 1.83. The summed E-state index contributed by atoms with van der Waals surface area (Å²) in [5.74, 6) is 1.42. The third kappa shape index (κ3) is 5.73. The molecule has 0 spiro atoms. The molecule has 1 aromatic heterocycles. The molecule has 0 aliphatic carbocycles. The third-order valence-corrected chi connectivity index (χ3v) is 3.15. The molecule has 0 fully saturated rings. The normalized spacial score (nSPS) is 11.8. The van der Waals surface area contributed by atoms with E-state index in [0.717, 1.165) is 0 Å². The molecule has 0 amide bonds. The monoisotopic (exact) mass is 447 g/mol. The van der Waals surface area contributed by atoms with Crippen LogP contribution in [0, 0.1) is 5.82 Å². The number of aliphatic imine (C=N–C) groups is 1. The zero-order chi connectivity index (χ0) is 16.9. The maximum Gasteiger partial charge on any atom is 0.232 e. The molecule has 132 valence electrons. The van der Waals surface area contributed by atoms with E-state index in [0.29, 0.717) is 36.3 Å². The summed E-state index contributed by atoms with van der Waals surface area (Å²) in [6.45, 7) is 6.73. The van der Waals surface area contributed by atoms with Gasteiger partial charge < -0.3 is 15.2 Å². The number of hydrogen-bond acceptors (Lipinski definition) is 4. The summed E-state index contributed by atoms with van der Waals surface area (Å²) in [5, 5.41) is 10.0. The fourth-order valence-corrected chi connectivity index (χ4v) is 1.83. The second-order valence-corrected chi connectivity index (χ2v) is 6.14. The van der Waals surface area contributed by atoms with Gasteiger partial charge in [-0.3, -0.25) is 4.99 Å². The van der Waals surface area contributed by atoms with E-state index >= 15 is 0 Å². The molecule has 0 bridgehead atoms. The molecular weight excluding hydrogens is 424 g/mol. The second-order valence-electron chi connectivity index (χ2n) is 6.14. The number of rotatable bonds is 4. The molecule has 2 rings (SSSR count). The summed E-state index contributed by atoms with van der Waals surface area (Å²) in [6.07, 6.45) is 0. The Labute approximate surface area is 158 Å². The molecule has 1 heterocycles. The van der Waals surface area contributed by atoms with Crippen molar-refractivity contribution >= 4 is 29.9 Å². The van der Waals surface area contributed by atoms with Gasteiger partial charge >= 0.3 is 0 Å². The zero-order valence-corrected chi connectivity index (χ0v) is 16.6. The van der Waals surface area contributed by atoms with Gasteiger partial charge in [0.1, 0.15) is 5.82 Å². The minimum Gasteiger partial charge on any atom is -0.352 e. The first-order chi connectivity index (χ1) is 10.9. The van der Waals surface area contributed by atoms with Gasteiger partial charge in [-0.1, -0.05) is 44.1 Å². The van der Waals surface area contributed by atoms with E-state index in [1.165, 1.54) is 6.07 Å². The Morgan fingerprint density at radius 2 is 1.88 bits per heavy atom. The molecule has 0 aliphatic rings. The van der Waals surface area contributed by atoms with Crippen LogP contribution in [-0.2, 0) is 18.5 Å². The van der Waals surface area contributed by atoms with E-state index in [-0.39, 0.29) is 35.2 Å². The maximum atomic E-state index is 13.6. The van der Waals surface area contributed by atoms with E-state index in [1.807, 2.05) is 20.8 Å². The molecule has 24 heavy (non-hydrogen) atoms. The molecule has 0 unspecified atom stereocenters. The predicted octanol–water partition coefficient (Wildman–Crippen LogP) is 2.99. The van der Waals surface area contributed by atoms with Crippen molar-refractivity contribution in [3.63, 3.8) is 0 Å². The van der Waals surface area contributed by atoms with Crippen molar-refractivity contribution in [2.45, 2.75) is 39.3 Å². The van der Waals surface area contributed by atoms with Crippen LogP contribution in [0.4, 0.5) is 4.39 Å². The van der Waals surface area contributed by atoms with Crippen molar-refractivity contribution in [2.75, 3.05) is 7.05 Å². The number of aromatic nitrogens is 2. The van der Waals surface area contributed by atoms with Crippen molar-refractivity contribution in [2.24, 2.45) is 4.99 Å². The summed E-state index contributed by atoms with van der Waals surface area (Å²) in [4.78, 5) is 8.43. The van der Waals surface area contributed by atoms with Crippen molar-refractivity contribution in [1.29, 1.82) is 0 Å². The van der Waals surface area contributed by atoms with Crippen molar-refractivity contribution in [1.82, 2.24) is 20.8 Å². The molecule has 0 atom stereocenters. The van der Waals surface area contributed by atoms with Crippen LogP contribution < -0.4 is 10.6 Å². The molecule has 0 radical (unpaired) electrons. The molecule has 1 aromatic carbocycles. The Morgan fingerprint density at radius 1 is 1.21 bits per heavy atom. The largest absolute Gasteiger partial charge is 0.352 e. The average Bonchev–Trinajstić information content (AvgIpc) is 2.98. The van der Waals surface area contributed by atoms with Crippen LogP contribution in [0.3, 0.4) is 0 Å². The summed E-state index contributed by atoms with van der Waals surface area (Å²) in [6, 6.07) is 6.61. The topological polar surface area (TPSA) is 75.3 Å². The Bertz CT molecular complexity index is 681. The van der Waals surface area contributed by atoms with Crippen LogP contribution in [0.15, 0.2) is 33.8 Å². The quantitative estimate of drug-likeness (QED) is 0.428. The highest BCUT2D eigenvalue weighted by molar-refractivity contribution is 14.0. The lowest BCUT2D eigenvalue weighted by Gasteiger charge is -2.11. The lowest BCUT2D eigenvalue weighted by molar-refractivity contribution is 0.318. The van der Waals surface area contributed by atoms with E-state index in [2.05, 4.69) is 25.8 Å². The molecule has 8 heteroatoms. The number of halogens is 2. The Hall–Kier alpha value is -1.71. The maximum absolute atomic E-state index is 13.6. The van der Waals surface area contributed by atoms with E-state index in [4.69, 9.17) is 4.52 Å². The Balaban J connectivity index is 0.00000288. The summed E-state index contributed by atoms with van der Waals surface area (Å²) in [7, 11) is 1.65. The van der Waals surface area contributed by atoms with Crippen LogP contribution in [0.1, 0.15) is 38.0 Å². The SMILES string of the molecule is CN=C(NCc1noc(C(C)(C)C)n1)NCc1ccccc1F.I. The van der Waals surface area contributed by atoms with Crippen LogP contribution in [0.5, 0.6) is 0 Å². The van der Waals surface area contributed by atoms with Gasteiger partial charge in [0, 0.05) is 24.6 Å². The van der Waals surface area contributed by atoms with E-state index in [1.54, 1.807) is 25.2 Å². The molecule has 2 N–H and O–H groups in total. The first-order valence-electron chi connectivity index (χ1n) is 7.41. The highest BCUT2D eigenvalue weighted by Crippen LogP contribution is 2.19. The molecule has 0 aliphatic heterocycles. The molecule has 2 aromatic rings. The zero-order valence-electron chi connectivity index (χ0n) is 14.3. The first-order valence-corrected chi connectivity index (χ1v) is 7.41. The number of benzene rings is 1. The van der Waals surface area contributed by atoms with Crippen molar-refractivity contribution in [3.8, 4) is 0 Å². The number of nitrogens with one attached hydrogen (secondary N) is 2. The van der Waals surface area contributed by atoms with Gasteiger partial charge in [0.15, 0.2) is 11.8 Å². The highest BCUT2D eigenvalue weighted by atomic mass is 127. The Kier molecular flexibility index (Phi) is 7.59. The second kappa shape index (κ2) is 8.95. The van der Waals surface area contributed by atoms with Crippen LogP contribution in [0.2, 0.25) is 0 Å². The van der Waals surface area contributed by atoms with Gasteiger partial charge in [-0.2, -0.15) is 4.98 Å². The molecule has 0 saturated carbocycles. The molecule has 0 saturated heterocycles. The van der Waals surface area contributed by atoms with Gasteiger partial charge in [0.25, 0.3) is 0 Å². The van der Waals surface area contributed by atoms with Crippen LogP contribution >= 0.6 is 24.0 Å². The number of guanidine groups is 1. The van der Waals surface area contributed by atoms with Crippen LogP contribution in [0.25, 0.3) is 0 Å². The molecular formula is C16H23FIN5O. The summed E-state index contributed by atoms with van der Waals surface area (Å²) >= 11 is 0. The smallest absolute Gasteiger partial charge is 0.232 e. The predicted molar refractivity (Wildman–Crippen MR) is 102 cm³/mol. The van der Waals surface area contributed by atoms with E-state index in [9.17, 15) is 4.39 Å². The van der Waals surface area contributed by atoms with Gasteiger partial charge in [-0.25, -0.2) is 4.39 Å². The average molecular weight is 447 g/mol. The van der Waals surface area contributed by atoms with E-state index < -0.39 is 0 Å². The van der Waals surface area contributed by atoms with Gasteiger partial charge in [-0.15, -0.1) is 24.0 Å². The van der Waals surface area contributed by atoms with Crippen molar-refractivity contribution in [3.05, 3.63) is 47.4 Å². The minimum atomic E-state index is -0.247. The fraction of sp³-hybridized carbons (Fsp3) is 0.438.